The molecule has 0 N–H and O–H groups in total. The number of rotatable bonds is 3. The highest BCUT2D eigenvalue weighted by atomic mass is 35.5. The van der Waals surface area contributed by atoms with Gasteiger partial charge in [0.25, 0.3) is 0 Å². The number of hydrogen-bond donors (Lipinski definition) is 0. The fourth-order valence-electron chi connectivity index (χ4n) is 5.07. The molecular formula is C27H26ClN7O. The first-order valence-electron chi connectivity index (χ1n) is 12.0. The Morgan fingerprint density at radius 2 is 1.78 bits per heavy atom. The molecule has 36 heavy (non-hydrogen) atoms. The van der Waals surface area contributed by atoms with Gasteiger partial charge in [0, 0.05) is 62.7 Å². The van der Waals surface area contributed by atoms with Crippen LogP contribution in [0.15, 0.2) is 54.9 Å². The van der Waals surface area contributed by atoms with E-state index in [1.807, 2.05) is 53.3 Å². The molecule has 2 aromatic carbocycles. The van der Waals surface area contributed by atoms with E-state index in [4.69, 9.17) is 21.7 Å². The highest BCUT2D eigenvalue weighted by molar-refractivity contribution is 6.35. The van der Waals surface area contributed by atoms with Crippen molar-refractivity contribution in [3.63, 3.8) is 0 Å². The fourth-order valence-corrected chi connectivity index (χ4v) is 5.33. The van der Waals surface area contributed by atoms with E-state index >= 15 is 0 Å². The van der Waals surface area contributed by atoms with Crippen LogP contribution >= 0.6 is 11.6 Å². The Morgan fingerprint density at radius 1 is 0.972 bits per heavy atom. The average molecular weight is 500 g/mol. The molecule has 0 unspecified atom stereocenters. The number of benzene rings is 2. The molecule has 1 saturated heterocycles. The zero-order valence-corrected chi connectivity index (χ0v) is 21.2. The highest BCUT2D eigenvalue weighted by Gasteiger charge is 2.22. The number of halogens is 1. The molecule has 0 atom stereocenters. The number of fused-ring (bicyclic) bond motifs is 2. The number of nitrogens with zero attached hydrogens (tertiary/aromatic N) is 7. The molecule has 182 valence electrons. The molecule has 1 aliphatic heterocycles. The summed E-state index contributed by atoms with van der Waals surface area (Å²) in [7, 11) is 1.91. The molecule has 0 radical (unpaired) electrons. The van der Waals surface area contributed by atoms with Crippen molar-refractivity contribution < 1.29 is 4.79 Å². The summed E-state index contributed by atoms with van der Waals surface area (Å²) >= 11 is 6.75. The summed E-state index contributed by atoms with van der Waals surface area (Å²) in [6, 6.07) is 14.1. The topological polar surface area (TPSA) is 72.1 Å². The lowest BCUT2D eigenvalue weighted by molar-refractivity contribution is -0.129. The molecule has 8 nitrogen and oxygen atoms in total. The van der Waals surface area contributed by atoms with Crippen LogP contribution in [0, 0.1) is 6.92 Å². The number of carbonyl (C=O) groups excluding carboxylic acids is 1. The van der Waals surface area contributed by atoms with Crippen LogP contribution in [0.25, 0.3) is 38.8 Å². The summed E-state index contributed by atoms with van der Waals surface area (Å²) in [6.07, 6.45) is 3.85. The van der Waals surface area contributed by atoms with E-state index in [1.165, 1.54) is 0 Å². The van der Waals surface area contributed by atoms with Crippen LogP contribution in [0.5, 0.6) is 0 Å². The molecule has 6 rings (SSSR count). The van der Waals surface area contributed by atoms with Crippen molar-refractivity contribution in [3.8, 4) is 16.9 Å². The number of piperazine rings is 1. The van der Waals surface area contributed by atoms with Gasteiger partial charge in [-0.25, -0.2) is 9.67 Å². The lowest BCUT2D eigenvalue weighted by Gasteiger charge is -2.34. The molecule has 5 aromatic rings. The number of pyridine rings is 1. The molecule has 3 aromatic heterocycles. The first-order chi connectivity index (χ1) is 17.4. The Balaban J connectivity index is 1.43. The number of hydrogen-bond acceptors (Lipinski definition) is 5. The van der Waals surface area contributed by atoms with Crippen molar-refractivity contribution in [1.29, 1.82) is 0 Å². The fraction of sp³-hybridized carbons (Fsp3) is 0.259. The van der Waals surface area contributed by atoms with Crippen LogP contribution in [-0.4, -0.2) is 61.5 Å². The minimum absolute atomic E-state index is 0.122. The maximum atomic E-state index is 11.6. The van der Waals surface area contributed by atoms with Gasteiger partial charge in [0.15, 0.2) is 0 Å². The van der Waals surface area contributed by atoms with Gasteiger partial charge in [0.1, 0.15) is 11.5 Å². The zero-order valence-electron chi connectivity index (χ0n) is 20.4. The summed E-state index contributed by atoms with van der Waals surface area (Å²) in [5.41, 5.74) is 5.59. The van der Waals surface area contributed by atoms with E-state index in [9.17, 15) is 4.79 Å². The first kappa shape index (κ1) is 22.5. The molecule has 1 fully saturated rings. The number of para-hydroxylation sites is 1. The predicted molar refractivity (Wildman–Crippen MR) is 143 cm³/mol. The lowest BCUT2D eigenvalue weighted by Crippen LogP contribution is -2.48. The van der Waals surface area contributed by atoms with Crippen molar-refractivity contribution in [3.05, 3.63) is 65.4 Å². The van der Waals surface area contributed by atoms with Crippen molar-refractivity contribution in [1.82, 2.24) is 29.4 Å². The van der Waals surface area contributed by atoms with Crippen LogP contribution in [0.2, 0.25) is 5.02 Å². The Bertz CT molecular complexity index is 1610. The maximum Gasteiger partial charge on any atom is 0.219 e. The summed E-state index contributed by atoms with van der Waals surface area (Å²) < 4.78 is 3.75. The summed E-state index contributed by atoms with van der Waals surface area (Å²) in [6.45, 7) is 6.68. The summed E-state index contributed by atoms with van der Waals surface area (Å²) in [4.78, 5) is 20.5. The van der Waals surface area contributed by atoms with E-state index in [0.717, 1.165) is 63.2 Å². The third kappa shape index (κ3) is 3.69. The normalized spacial score (nSPS) is 14.2. The molecule has 0 aliphatic carbocycles. The molecule has 0 saturated carbocycles. The van der Waals surface area contributed by atoms with Crippen LogP contribution in [0.1, 0.15) is 12.5 Å². The van der Waals surface area contributed by atoms with Gasteiger partial charge in [0.2, 0.25) is 5.91 Å². The Morgan fingerprint density at radius 3 is 2.50 bits per heavy atom. The molecule has 0 bridgehead atoms. The summed E-state index contributed by atoms with van der Waals surface area (Å²) in [5, 5.41) is 12.3. The minimum atomic E-state index is 0.122. The van der Waals surface area contributed by atoms with Gasteiger partial charge in [-0.3, -0.25) is 9.48 Å². The highest BCUT2D eigenvalue weighted by Crippen LogP contribution is 2.39. The van der Waals surface area contributed by atoms with Crippen LogP contribution in [0.4, 0.5) is 5.82 Å². The molecule has 1 aliphatic rings. The molecule has 4 heterocycles. The standard InChI is InChI=1S/C27H26ClN7O/c1-17-5-4-6-20-26(25-21-16-32(3)30-23(21)9-8-22(25)28)31-35(27(17)20)19-7-10-24(29-15-19)34-13-11-33(12-14-34)18(2)36/h4-10,15-16H,11-14H2,1-3H3. The number of carbonyl (C=O) groups is 1. The maximum absolute atomic E-state index is 11.6. The third-order valence-electron chi connectivity index (χ3n) is 6.92. The number of anilines is 1. The van der Waals surface area contributed by atoms with Crippen molar-refractivity contribution >= 4 is 45.1 Å². The second-order valence-corrected chi connectivity index (χ2v) is 9.66. The van der Waals surface area contributed by atoms with Crippen LogP contribution in [0.3, 0.4) is 0 Å². The van der Waals surface area contributed by atoms with Gasteiger partial charge >= 0.3 is 0 Å². The molecule has 9 heteroatoms. The Kier molecular flexibility index (Phi) is 5.41. The molecule has 0 spiro atoms. The largest absolute Gasteiger partial charge is 0.353 e. The van der Waals surface area contributed by atoms with Crippen molar-refractivity contribution in [2.75, 3.05) is 31.1 Å². The Hall–Kier alpha value is -3.91. The van der Waals surface area contributed by atoms with E-state index < -0.39 is 0 Å². The number of aryl methyl sites for hydroxylation is 2. The quantitative estimate of drug-likeness (QED) is 0.362. The predicted octanol–water partition coefficient (Wildman–Crippen LogP) is 4.60. The van der Waals surface area contributed by atoms with Crippen molar-refractivity contribution in [2.45, 2.75) is 13.8 Å². The number of aromatic nitrogens is 5. The van der Waals surface area contributed by atoms with E-state index in [2.05, 4.69) is 35.1 Å². The lowest BCUT2D eigenvalue weighted by atomic mass is 10.0. The van der Waals surface area contributed by atoms with Gasteiger partial charge < -0.3 is 9.80 Å². The van der Waals surface area contributed by atoms with Crippen molar-refractivity contribution in [2.24, 2.45) is 7.05 Å². The smallest absolute Gasteiger partial charge is 0.219 e. The zero-order chi connectivity index (χ0) is 25.0. The first-order valence-corrected chi connectivity index (χ1v) is 12.4. The monoisotopic (exact) mass is 499 g/mol. The molecular weight excluding hydrogens is 474 g/mol. The van der Waals surface area contributed by atoms with Crippen LogP contribution in [-0.2, 0) is 11.8 Å². The minimum Gasteiger partial charge on any atom is -0.353 e. The van der Waals surface area contributed by atoms with Gasteiger partial charge in [-0.05, 0) is 36.8 Å². The second-order valence-electron chi connectivity index (χ2n) is 9.26. The average Bonchev–Trinajstić information content (AvgIpc) is 3.45. The van der Waals surface area contributed by atoms with Gasteiger partial charge in [0.05, 0.1) is 27.9 Å². The van der Waals surface area contributed by atoms with E-state index in [-0.39, 0.29) is 5.91 Å². The molecule has 1 amide bonds. The van der Waals surface area contributed by atoms with E-state index in [0.29, 0.717) is 18.1 Å². The van der Waals surface area contributed by atoms with Crippen LogP contribution < -0.4 is 4.90 Å². The Labute approximate surface area is 213 Å². The SMILES string of the molecule is CC(=O)N1CCN(c2ccc(-n3nc(-c4c(Cl)ccc5nn(C)cc45)c4cccc(C)c43)cn2)CC1. The number of amides is 1. The van der Waals surface area contributed by atoms with Gasteiger partial charge in [-0.15, -0.1) is 0 Å². The van der Waals surface area contributed by atoms with Gasteiger partial charge in [-0.2, -0.15) is 10.2 Å². The van der Waals surface area contributed by atoms with E-state index in [1.54, 1.807) is 11.6 Å². The summed E-state index contributed by atoms with van der Waals surface area (Å²) in [5.74, 6) is 1.02. The second kappa shape index (κ2) is 8.64. The third-order valence-corrected chi connectivity index (χ3v) is 7.24. The van der Waals surface area contributed by atoms with Gasteiger partial charge in [-0.1, -0.05) is 29.8 Å².